The summed E-state index contributed by atoms with van der Waals surface area (Å²) < 4.78 is 68.5. The topological polar surface area (TPSA) is 237 Å². The van der Waals surface area contributed by atoms with Gasteiger partial charge in [0, 0.05) is 25.7 Å². The zero-order chi connectivity index (χ0) is 69.4. The molecule has 0 spiro atoms. The third kappa shape index (κ3) is 68.6. The highest BCUT2D eigenvalue weighted by atomic mass is 31.2. The Bertz CT molecular complexity index is 1840. The van der Waals surface area contributed by atoms with Crippen LogP contribution < -0.4 is 0 Å². The average Bonchev–Trinajstić information content (AvgIpc) is 1.24. The highest BCUT2D eigenvalue weighted by molar-refractivity contribution is 7.47. The summed E-state index contributed by atoms with van der Waals surface area (Å²) in [4.78, 5) is 72.8. The summed E-state index contributed by atoms with van der Waals surface area (Å²) in [6.07, 6.45) is 51.2. The first-order chi connectivity index (χ1) is 45.2. The maximum absolute atomic E-state index is 13.1. The minimum absolute atomic E-state index is 0.106. The molecule has 0 aromatic rings. The van der Waals surface area contributed by atoms with Crippen molar-refractivity contribution < 1.29 is 80.2 Å². The summed E-state index contributed by atoms with van der Waals surface area (Å²) in [6.45, 7) is 11.9. The van der Waals surface area contributed by atoms with Gasteiger partial charge in [0.25, 0.3) is 0 Å². The molecule has 558 valence electrons. The summed E-state index contributed by atoms with van der Waals surface area (Å²) in [5.74, 6) is 0.182. The lowest BCUT2D eigenvalue weighted by Crippen LogP contribution is -2.30. The van der Waals surface area contributed by atoms with Crippen LogP contribution in [0.4, 0.5) is 0 Å². The second-order valence-corrected chi connectivity index (χ2v) is 31.4. The van der Waals surface area contributed by atoms with Gasteiger partial charge in [0.05, 0.1) is 26.4 Å². The Balaban J connectivity index is 5.27. The number of hydrogen-bond acceptors (Lipinski definition) is 15. The number of rotatable bonds is 73. The Morgan fingerprint density at radius 2 is 0.489 bits per heavy atom. The number of ether oxygens (including phenoxy) is 4. The van der Waals surface area contributed by atoms with Crippen LogP contribution in [0.25, 0.3) is 0 Å². The molecule has 0 amide bonds. The van der Waals surface area contributed by atoms with Gasteiger partial charge in [-0.15, -0.1) is 0 Å². The third-order valence-electron chi connectivity index (χ3n) is 17.4. The molecule has 0 heterocycles. The van der Waals surface area contributed by atoms with Gasteiger partial charge in [0.15, 0.2) is 12.2 Å². The number of aliphatic hydroxyl groups is 1. The van der Waals surface area contributed by atoms with E-state index in [9.17, 15) is 43.2 Å². The number of phosphoric ester groups is 2. The first kappa shape index (κ1) is 92.1. The van der Waals surface area contributed by atoms with E-state index in [0.29, 0.717) is 25.7 Å². The summed E-state index contributed by atoms with van der Waals surface area (Å²) in [5, 5.41) is 10.6. The van der Waals surface area contributed by atoms with Gasteiger partial charge in [-0.1, -0.05) is 331 Å². The number of esters is 4. The molecule has 0 aliphatic carbocycles. The number of unbranched alkanes of at least 4 members (excludes halogenated alkanes) is 41. The van der Waals surface area contributed by atoms with Crippen molar-refractivity contribution in [1.82, 2.24) is 0 Å². The SMILES string of the molecule is CCCCCCCCCCCCCCC(=O)OC[C@H](COP(=O)(O)OC[C@H](O)COP(=O)(O)OC[C@@H](COC(=O)CCCCCCCCCCCCCC(C)C)OC(=O)CCCCCCCCCCCCCCC(C)C)OC(=O)CCCCCCCCCCCCC(C)C. The van der Waals surface area contributed by atoms with Gasteiger partial charge < -0.3 is 33.8 Å². The molecule has 2 unspecified atom stereocenters. The van der Waals surface area contributed by atoms with E-state index in [2.05, 4.69) is 48.5 Å². The molecule has 0 aliphatic rings. The number of hydrogen-bond donors (Lipinski definition) is 3. The number of carbonyl (C=O) groups excluding carboxylic acids is 4. The van der Waals surface area contributed by atoms with E-state index in [1.165, 1.54) is 193 Å². The molecule has 17 nitrogen and oxygen atoms in total. The normalized spacial score (nSPS) is 14.1. The summed E-state index contributed by atoms with van der Waals surface area (Å²) >= 11 is 0. The predicted octanol–water partition coefficient (Wildman–Crippen LogP) is 21.8. The number of carbonyl (C=O) groups is 4. The van der Waals surface area contributed by atoms with Gasteiger partial charge in [0.1, 0.15) is 19.3 Å². The second-order valence-electron chi connectivity index (χ2n) is 28.5. The molecule has 3 N–H and O–H groups in total. The molecule has 0 aromatic carbocycles. The molecule has 0 rings (SSSR count). The number of phosphoric acid groups is 2. The van der Waals surface area contributed by atoms with Crippen molar-refractivity contribution in [3.63, 3.8) is 0 Å². The highest BCUT2D eigenvalue weighted by Crippen LogP contribution is 2.45. The molecule has 0 saturated heterocycles. The van der Waals surface area contributed by atoms with E-state index >= 15 is 0 Å². The fraction of sp³-hybridized carbons (Fsp3) is 0.947. The van der Waals surface area contributed by atoms with Crippen molar-refractivity contribution in [1.29, 1.82) is 0 Å². The van der Waals surface area contributed by atoms with Crippen LogP contribution in [0, 0.1) is 17.8 Å². The van der Waals surface area contributed by atoms with Gasteiger partial charge in [-0.2, -0.15) is 0 Å². The molecule has 19 heteroatoms. The number of aliphatic hydroxyl groups excluding tert-OH is 1. The molecule has 94 heavy (non-hydrogen) atoms. The van der Waals surface area contributed by atoms with Gasteiger partial charge in [-0.3, -0.25) is 37.3 Å². The summed E-state index contributed by atoms with van der Waals surface area (Å²) in [6, 6.07) is 0. The van der Waals surface area contributed by atoms with Crippen molar-refractivity contribution in [3.05, 3.63) is 0 Å². The van der Waals surface area contributed by atoms with E-state index in [1.807, 2.05) is 0 Å². The lowest BCUT2D eigenvalue weighted by atomic mass is 10.0. The fourth-order valence-corrected chi connectivity index (χ4v) is 13.0. The first-order valence-corrected chi connectivity index (χ1v) is 41.8. The standard InChI is InChI=1S/C75H146O17P2/c1-8-9-10-11-12-13-14-20-28-35-42-49-56-72(77)85-63-71(92-75(80)59-52-45-38-31-24-23-27-34-41-48-55-68(6)7)65-90-94(83,84)88-61-69(76)60-87-93(81,82)89-64-70(62-86-73(78)57-50-43-36-29-22-17-19-26-33-40-47-54-67(4)5)91-74(79)58-51-44-37-30-21-16-15-18-25-32-39-46-53-66(2)3/h66-71,76H,8-65H2,1-7H3,(H,81,82)(H,83,84)/t69-,70-,71-/m1/s1. The van der Waals surface area contributed by atoms with Crippen LogP contribution in [0.15, 0.2) is 0 Å². The average molecular weight is 1380 g/mol. The molecule has 0 radical (unpaired) electrons. The van der Waals surface area contributed by atoms with Crippen LogP contribution >= 0.6 is 15.6 Å². The van der Waals surface area contributed by atoms with Crippen molar-refractivity contribution >= 4 is 39.5 Å². The van der Waals surface area contributed by atoms with Gasteiger partial charge in [-0.05, 0) is 43.4 Å². The van der Waals surface area contributed by atoms with Crippen molar-refractivity contribution in [2.75, 3.05) is 39.6 Å². The Hall–Kier alpha value is -1.94. The van der Waals surface area contributed by atoms with E-state index in [0.717, 1.165) is 108 Å². The Labute approximate surface area is 575 Å². The fourth-order valence-electron chi connectivity index (χ4n) is 11.4. The van der Waals surface area contributed by atoms with Crippen LogP contribution in [-0.2, 0) is 65.4 Å². The maximum atomic E-state index is 13.1. The van der Waals surface area contributed by atoms with Gasteiger partial charge in [0.2, 0.25) is 0 Å². The molecule has 0 fully saturated rings. The third-order valence-corrected chi connectivity index (χ3v) is 19.3. The molecular formula is C75H146O17P2. The van der Waals surface area contributed by atoms with E-state index < -0.39 is 97.5 Å². The van der Waals surface area contributed by atoms with E-state index in [-0.39, 0.29) is 25.7 Å². The summed E-state index contributed by atoms with van der Waals surface area (Å²) in [5.41, 5.74) is 0. The Kier molecular flexibility index (Phi) is 64.3. The maximum Gasteiger partial charge on any atom is 0.472 e. The van der Waals surface area contributed by atoms with Crippen molar-refractivity contribution in [3.8, 4) is 0 Å². The second kappa shape index (κ2) is 65.7. The van der Waals surface area contributed by atoms with Gasteiger partial charge in [-0.25, -0.2) is 9.13 Å². The lowest BCUT2D eigenvalue weighted by Gasteiger charge is -2.21. The first-order valence-electron chi connectivity index (χ1n) is 38.8. The van der Waals surface area contributed by atoms with Crippen molar-refractivity contribution in [2.24, 2.45) is 17.8 Å². The van der Waals surface area contributed by atoms with Crippen LogP contribution in [0.2, 0.25) is 0 Å². The minimum atomic E-state index is -4.96. The van der Waals surface area contributed by atoms with Crippen LogP contribution in [0.1, 0.15) is 382 Å². The molecule has 0 bridgehead atoms. The molecule has 5 atom stereocenters. The largest absolute Gasteiger partial charge is 0.472 e. The highest BCUT2D eigenvalue weighted by Gasteiger charge is 2.30. The van der Waals surface area contributed by atoms with Crippen LogP contribution in [0.5, 0.6) is 0 Å². The Morgan fingerprint density at radius 3 is 0.723 bits per heavy atom. The van der Waals surface area contributed by atoms with E-state index in [1.54, 1.807) is 0 Å². The Morgan fingerprint density at radius 1 is 0.287 bits per heavy atom. The lowest BCUT2D eigenvalue weighted by molar-refractivity contribution is -0.161. The van der Waals surface area contributed by atoms with E-state index in [4.69, 9.17) is 37.0 Å². The molecule has 0 aromatic heterocycles. The quantitative estimate of drug-likeness (QED) is 0.0222. The zero-order valence-electron chi connectivity index (χ0n) is 61.4. The van der Waals surface area contributed by atoms with Crippen LogP contribution in [0.3, 0.4) is 0 Å². The van der Waals surface area contributed by atoms with Crippen LogP contribution in [-0.4, -0.2) is 96.7 Å². The molecule has 0 saturated carbocycles. The monoisotopic (exact) mass is 1380 g/mol. The smallest absolute Gasteiger partial charge is 0.462 e. The predicted molar refractivity (Wildman–Crippen MR) is 381 cm³/mol. The molecular weight excluding hydrogens is 1230 g/mol. The zero-order valence-corrected chi connectivity index (χ0v) is 63.2. The molecule has 0 aliphatic heterocycles. The summed E-state index contributed by atoms with van der Waals surface area (Å²) in [7, 11) is -9.91. The van der Waals surface area contributed by atoms with Crippen molar-refractivity contribution in [2.45, 2.75) is 401 Å². The van der Waals surface area contributed by atoms with Gasteiger partial charge >= 0.3 is 39.5 Å². The minimum Gasteiger partial charge on any atom is -0.462 e.